The van der Waals surface area contributed by atoms with Crippen molar-refractivity contribution in [1.82, 2.24) is 16.0 Å². The molecular formula is C34H42ClN3O4. The number of benzene rings is 3. The van der Waals surface area contributed by atoms with E-state index in [2.05, 4.69) is 26.8 Å². The van der Waals surface area contributed by atoms with E-state index in [-0.39, 0.29) is 25.1 Å². The highest BCUT2D eigenvalue weighted by Gasteiger charge is 2.23. The van der Waals surface area contributed by atoms with Crippen molar-refractivity contribution in [3.8, 4) is 11.1 Å². The summed E-state index contributed by atoms with van der Waals surface area (Å²) in [5, 5.41) is 9.82. The summed E-state index contributed by atoms with van der Waals surface area (Å²) < 4.78 is 11.0. The molecule has 0 saturated heterocycles. The van der Waals surface area contributed by atoms with Crippen LogP contribution in [0.15, 0.2) is 72.8 Å². The van der Waals surface area contributed by atoms with Crippen LogP contribution in [0.3, 0.4) is 0 Å². The minimum atomic E-state index is -0.521. The third-order valence-electron chi connectivity index (χ3n) is 7.75. The van der Waals surface area contributed by atoms with Crippen molar-refractivity contribution >= 4 is 23.6 Å². The van der Waals surface area contributed by atoms with Gasteiger partial charge >= 0.3 is 6.09 Å². The summed E-state index contributed by atoms with van der Waals surface area (Å²) in [6.07, 6.45) is 6.24. The highest BCUT2D eigenvalue weighted by atomic mass is 35.5. The average molecular weight is 592 g/mol. The second-order valence-electron chi connectivity index (χ2n) is 10.9. The fourth-order valence-corrected chi connectivity index (χ4v) is 5.92. The minimum absolute atomic E-state index is 0.0406. The predicted molar refractivity (Wildman–Crippen MR) is 168 cm³/mol. The zero-order valence-corrected chi connectivity index (χ0v) is 25.3. The van der Waals surface area contributed by atoms with Gasteiger partial charge in [0.2, 0.25) is 0 Å². The molecule has 0 bridgehead atoms. The van der Waals surface area contributed by atoms with Crippen LogP contribution in [0, 0.1) is 5.92 Å². The van der Waals surface area contributed by atoms with Gasteiger partial charge in [0.25, 0.3) is 5.91 Å². The van der Waals surface area contributed by atoms with Gasteiger partial charge in [0.1, 0.15) is 6.10 Å². The zero-order chi connectivity index (χ0) is 29.7. The Morgan fingerprint density at radius 2 is 1.71 bits per heavy atom. The summed E-state index contributed by atoms with van der Waals surface area (Å²) in [6, 6.07) is 23.4. The van der Waals surface area contributed by atoms with Crippen LogP contribution in [0.1, 0.15) is 66.1 Å². The normalized spacial score (nSPS) is 15.0. The molecule has 2 amide bonds. The molecule has 0 aromatic heterocycles. The van der Waals surface area contributed by atoms with Crippen molar-refractivity contribution in [1.29, 1.82) is 0 Å². The largest absolute Gasteiger partial charge is 0.453 e. The van der Waals surface area contributed by atoms with E-state index in [1.54, 1.807) is 0 Å². The van der Waals surface area contributed by atoms with Crippen LogP contribution in [0.25, 0.3) is 11.1 Å². The Morgan fingerprint density at radius 3 is 2.43 bits per heavy atom. The molecule has 1 saturated carbocycles. The van der Waals surface area contributed by atoms with Crippen LogP contribution in [-0.4, -0.2) is 51.9 Å². The molecule has 2 unspecified atom stereocenters. The summed E-state index contributed by atoms with van der Waals surface area (Å²) in [5.41, 5.74) is 4.15. The summed E-state index contributed by atoms with van der Waals surface area (Å²) in [6.45, 7) is 1.21. The standard InChI is InChI=1S/C34H42ClN3O4/c1-36-23-31(18-24-10-5-3-6-11-24)38-33(39)29-20-27(25-12-7-4-8-13-25)19-28(21-29)32(26-14-9-15-30(35)22-26)42-17-16-37-34(40)41-2/h4,7-9,12-15,19-22,24,31-32,36H,3,5-6,10-11,16-18,23H2,1-2H3,(H,37,40)(H,38,39). The molecule has 0 spiro atoms. The van der Waals surface area contributed by atoms with Crippen LogP contribution in [0.2, 0.25) is 5.02 Å². The van der Waals surface area contributed by atoms with Crippen LogP contribution >= 0.6 is 11.6 Å². The molecule has 8 heteroatoms. The van der Waals surface area contributed by atoms with Gasteiger partial charge in [-0.15, -0.1) is 0 Å². The lowest BCUT2D eigenvalue weighted by atomic mass is 9.84. The number of amides is 2. The molecule has 1 fully saturated rings. The Morgan fingerprint density at radius 1 is 0.929 bits per heavy atom. The van der Waals surface area contributed by atoms with Gasteiger partial charge in [-0.25, -0.2) is 4.79 Å². The van der Waals surface area contributed by atoms with Crippen molar-refractivity contribution < 1.29 is 19.1 Å². The van der Waals surface area contributed by atoms with Gasteiger partial charge in [0.15, 0.2) is 0 Å². The summed E-state index contributed by atoms with van der Waals surface area (Å²) >= 11 is 6.37. The molecule has 3 aromatic rings. The number of likely N-dealkylation sites (N-methyl/N-ethyl adjacent to an activating group) is 1. The van der Waals surface area contributed by atoms with Gasteiger partial charge in [-0.1, -0.05) is 86.2 Å². The van der Waals surface area contributed by atoms with Crippen molar-refractivity contribution in [2.24, 2.45) is 5.92 Å². The maximum atomic E-state index is 13.8. The maximum absolute atomic E-state index is 13.8. The molecule has 7 nitrogen and oxygen atoms in total. The molecule has 2 atom stereocenters. The van der Waals surface area contributed by atoms with Crippen molar-refractivity contribution in [2.45, 2.75) is 50.7 Å². The van der Waals surface area contributed by atoms with Crippen LogP contribution in [0.5, 0.6) is 0 Å². The van der Waals surface area contributed by atoms with Gasteiger partial charge in [-0.3, -0.25) is 4.79 Å². The maximum Gasteiger partial charge on any atom is 0.406 e. The third-order valence-corrected chi connectivity index (χ3v) is 7.98. The molecule has 4 rings (SSSR count). The van der Waals surface area contributed by atoms with Gasteiger partial charge in [-0.05, 0) is 72.0 Å². The number of carbonyl (C=O) groups excluding carboxylic acids is 2. The lowest BCUT2D eigenvalue weighted by Gasteiger charge is -2.27. The highest BCUT2D eigenvalue weighted by molar-refractivity contribution is 6.30. The summed E-state index contributed by atoms with van der Waals surface area (Å²) in [5.74, 6) is 0.533. The lowest BCUT2D eigenvalue weighted by Crippen LogP contribution is -2.42. The number of ether oxygens (including phenoxy) is 2. The first-order valence-corrected chi connectivity index (χ1v) is 15.2. The van der Waals surface area contributed by atoms with E-state index < -0.39 is 12.2 Å². The van der Waals surface area contributed by atoms with Crippen LogP contribution in [-0.2, 0) is 9.47 Å². The Labute approximate surface area is 254 Å². The van der Waals surface area contributed by atoms with Gasteiger partial charge < -0.3 is 25.4 Å². The molecule has 224 valence electrons. The topological polar surface area (TPSA) is 88.7 Å². The van der Waals surface area contributed by atoms with E-state index in [1.807, 2.05) is 73.8 Å². The number of methoxy groups -OCH3 is 1. The number of halogens is 1. The molecule has 0 heterocycles. The number of hydrogen-bond acceptors (Lipinski definition) is 5. The summed E-state index contributed by atoms with van der Waals surface area (Å²) in [7, 11) is 3.25. The predicted octanol–water partition coefficient (Wildman–Crippen LogP) is 6.76. The Bertz CT molecular complexity index is 1300. The quantitative estimate of drug-likeness (QED) is 0.191. The van der Waals surface area contributed by atoms with Crippen molar-refractivity contribution in [3.63, 3.8) is 0 Å². The van der Waals surface area contributed by atoms with Crippen LogP contribution in [0.4, 0.5) is 4.79 Å². The number of alkyl carbamates (subject to hydrolysis) is 1. The number of carbonyl (C=O) groups is 2. The molecule has 1 aliphatic carbocycles. The highest BCUT2D eigenvalue weighted by Crippen LogP contribution is 2.33. The Balaban J connectivity index is 1.66. The Hall–Kier alpha value is -3.39. The van der Waals surface area contributed by atoms with E-state index in [4.69, 9.17) is 16.3 Å². The van der Waals surface area contributed by atoms with Crippen molar-refractivity contribution in [3.05, 3.63) is 94.5 Å². The molecular weight excluding hydrogens is 550 g/mol. The van der Waals surface area contributed by atoms with Gasteiger partial charge in [-0.2, -0.15) is 0 Å². The first-order valence-electron chi connectivity index (χ1n) is 14.8. The second kappa shape index (κ2) is 16.3. The minimum Gasteiger partial charge on any atom is -0.453 e. The molecule has 0 aliphatic heterocycles. The molecule has 0 radical (unpaired) electrons. The van der Waals surface area contributed by atoms with Gasteiger partial charge in [0, 0.05) is 29.7 Å². The lowest BCUT2D eigenvalue weighted by molar-refractivity contribution is 0.0804. The van der Waals surface area contributed by atoms with Crippen molar-refractivity contribution in [2.75, 3.05) is 33.9 Å². The van der Waals surface area contributed by atoms with Gasteiger partial charge in [0.05, 0.1) is 13.7 Å². The molecule has 42 heavy (non-hydrogen) atoms. The average Bonchev–Trinajstić information content (AvgIpc) is 3.01. The van der Waals surface area contributed by atoms with E-state index >= 15 is 0 Å². The Kier molecular flexibility index (Phi) is 12.2. The van der Waals surface area contributed by atoms with Crippen LogP contribution < -0.4 is 16.0 Å². The smallest absolute Gasteiger partial charge is 0.406 e. The monoisotopic (exact) mass is 591 g/mol. The number of hydrogen-bond donors (Lipinski definition) is 3. The third kappa shape index (κ3) is 9.31. The number of rotatable bonds is 13. The molecule has 3 N–H and O–H groups in total. The van der Waals surface area contributed by atoms with E-state index in [1.165, 1.54) is 39.2 Å². The molecule has 3 aromatic carbocycles. The van der Waals surface area contributed by atoms with E-state index in [0.29, 0.717) is 16.5 Å². The van der Waals surface area contributed by atoms with E-state index in [0.717, 1.165) is 35.2 Å². The fraction of sp³-hybridized carbons (Fsp3) is 0.412. The first-order chi connectivity index (χ1) is 20.5. The second-order valence-corrected chi connectivity index (χ2v) is 11.3. The zero-order valence-electron chi connectivity index (χ0n) is 24.5. The molecule has 1 aliphatic rings. The number of nitrogens with one attached hydrogen (secondary N) is 3. The first kappa shape index (κ1) is 31.5. The SMILES string of the molecule is CNCC(CC1CCCCC1)NC(=O)c1cc(-c2ccccc2)cc(C(OCCNC(=O)OC)c2cccc(Cl)c2)c1. The fourth-order valence-electron chi connectivity index (χ4n) is 5.72. The summed E-state index contributed by atoms with van der Waals surface area (Å²) in [4.78, 5) is 25.4. The van der Waals surface area contributed by atoms with E-state index in [9.17, 15) is 9.59 Å².